The zero-order chi connectivity index (χ0) is 7.94. The molecule has 0 saturated heterocycles. The fourth-order valence-corrected chi connectivity index (χ4v) is 1.63. The van der Waals surface area contributed by atoms with Crippen molar-refractivity contribution in [1.82, 2.24) is 5.32 Å². The first-order valence-electron chi connectivity index (χ1n) is 3.67. The molecule has 0 aliphatic rings. The maximum Gasteiger partial charge on any atom is 0.0224 e. The van der Waals surface area contributed by atoms with Crippen molar-refractivity contribution in [3.63, 3.8) is 0 Å². The second-order valence-corrected chi connectivity index (χ2v) is 3.37. The van der Waals surface area contributed by atoms with Crippen LogP contribution in [-0.2, 0) is 0 Å². The summed E-state index contributed by atoms with van der Waals surface area (Å²) in [6, 6.07) is 10.4. The summed E-state index contributed by atoms with van der Waals surface area (Å²) in [6.45, 7) is 0.944. The van der Waals surface area contributed by atoms with Crippen LogP contribution in [0.25, 0.3) is 0 Å². The van der Waals surface area contributed by atoms with E-state index in [-0.39, 0.29) is 0 Å². The predicted molar refractivity (Wildman–Crippen MR) is 50.1 cm³/mol. The van der Waals surface area contributed by atoms with Gasteiger partial charge in [-0.25, -0.2) is 5.32 Å². The molecule has 0 fully saturated rings. The van der Waals surface area contributed by atoms with E-state index in [0.29, 0.717) is 0 Å². The van der Waals surface area contributed by atoms with Crippen molar-refractivity contribution in [2.75, 3.05) is 19.3 Å². The molecule has 0 aliphatic heterocycles. The maximum atomic E-state index is 4.03. The lowest BCUT2D eigenvalue weighted by molar-refractivity contribution is 0.853. The highest BCUT2D eigenvalue weighted by molar-refractivity contribution is 7.99. The van der Waals surface area contributed by atoms with E-state index in [9.17, 15) is 0 Å². The van der Waals surface area contributed by atoms with Gasteiger partial charge in [-0.15, -0.1) is 11.8 Å². The fourth-order valence-electron chi connectivity index (χ4n) is 0.772. The smallest absolute Gasteiger partial charge is 0.0224 e. The summed E-state index contributed by atoms with van der Waals surface area (Å²) in [4.78, 5) is 1.33. The lowest BCUT2D eigenvalue weighted by Gasteiger charge is -1.98. The molecule has 0 aliphatic carbocycles. The van der Waals surface area contributed by atoms with E-state index in [1.807, 2.05) is 24.9 Å². The SMILES string of the molecule is C[N]CCSc1ccccc1. The van der Waals surface area contributed by atoms with Crippen LogP contribution >= 0.6 is 11.8 Å². The Morgan fingerprint density at radius 1 is 1.27 bits per heavy atom. The highest BCUT2D eigenvalue weighted by Crippen LogP contribution is 2.15. The number of nitrogens with zero attached hydrogens (tertiary/aromatic N) is 1. The van der Waals surface area contributed by atoms with Gasteiger partial charge in [0, 0.05) is 24.2 Å². The van der Waals surface area contributed by atoms with Crippen molar-refractivity contribution in [3.05, 3.63) is 30.3 Å². The minimum atomic E-state index is 0.944. The van der Waals surface area contributed by atoms with Crippen LogP contribution in [0.5, 0.6) is 0 Å². The van der Waals surface area contributed by atoms with E-state index in [2.05, 4.69) is 29.6 Å². The van der Waals surface area contributed by atoms with Crippen LogP contribution in [0.4, 0.5) is 0 Å². The standard InChI is InChI=1S/C9H12NS/c1-10-7-8-11-9-5-3-2-4-6-9/h2-6H,7-8H2,1H3. The van der Waals surface area contributed by atoms with E-state index in [0.717, 1.165) is 12.3 Å². The van der Waals surface area contributed by atoms with Gasteiger partial charge in [0.15, 0.2) is 0 Å². The van der Waals surface area contributed by atoms with Crippen LogP contribution in [0.1, 0.15) is 0 Å². The Balaban J connectivity index is 2.28. The molecule has 0 unspecified atom stereocenters. The van der Waals surface area contributed by atoms with Crippen molar-refractivity contribution in [3.8, 4) is 0 Å². The summed E-state index contributed by atoms with van der Waals surface area (Å²) in [5.74, 6) is 1.08. The molecule has 2 heteroatoms. The van der Waals surface area contributed by atoms with Gasteiger partial charge < -0.3 is 0 Å². The Hall–Kier alpha value is -0.470. The summed E-state index contributed by atoms with van der Waals surface area (Å²) in [6.07, 6.45) is 0. The Labute approximate surface area is 72.2 Å². The molecule has 1 nitrogen and oxygen atoms in total. The average molecular weight is 166 g/mol. The van der Waals surface area contributed by atoms with E-state index >= 15 is 0 Å². The molecule has 11 heavy (non-hydrogen) atoms. The predicted octanol–water partition coefficient (Wildman–Crippen LogP) is 2.01. The van der Waals surface area contributed by atoms with Gasteiger partial charge in [0.05, 0.1) is 0 Å². The summed E-state index contributed by atoms with van der Waals surface area (Å²) >= 11 is 1.85. The first-order valence-corrected chi connectivity index (χ1v) is 4.65. The largest absolute Gasteiger partial charge is 0.244 e. The van der Waals surface area contributed by atoms with Gasteiger partial charge in [0.2, 0.25) is 0 Å². The maximum absolute atomic E-state index is 4.03. The van der Waals surface area contributed by atoms with Crippen LogP contribution in [0.2, 0.25) is 0 Å². The molecule has 0 bridgehead atoms. The number of benzene rings is 1. The van der Waals surface area contributed by atoms with E-state index < -0.39 is 0 Å². The van der Waals surface area contributed by atoms with Gasteiger partial charge in [-0.2, -0.15) is 0 Å². The Kier molecular flexibility index (Phi) is 4.09. The lowest BCUT2D eigenvalue weighted by Crippen LogP contribution is -2.01. The van der Waals surface area contributed by atoms with E-state index in [1.54, 1.807) is 0 Å². The molecule has 0 heterocycles. The minimum Gasteiger partial charge on any atom is -0.244 e. The molecule has 1 radical (unpaired) electrons. The van der Waals surface area contributed by atoms with Gasteiger partial charge in [0.1, 0.15) is 0 Å². The highest BCUT2D eigenvalue weighted by Gasteiger charge is 1.89. The van der Waals surface area contributed by atoms with Crippen LogP contribution in [0.3, 0.4) is 0 Å². The van der Waals surface area contributed by atoms with Gasteiger partial charge in [-0.3, -0.25) is 0 Å². The second-order valence-electron chi connectivity index (χ2n) is 2.20. The molecule has 1 aromatic rings. The van der Waals surface area contributed by atoms with Crippen molar-refractivity contribution < 1.29 is 0 Å². The third-order valence-corrected chi connectivity index (χ3v) is 2.32. The Bertz CT molecular complexity index is 186. The summed E-state index contributed by atoms with van der Waals surface area (Å²) < 4.78 is 0. The zero-order valence-electron chi connectivity index (χ0n) is 6.66. The van der Waals surface area contributed by atoms with Crippen molar-refractivity contribution in [2.45, 2.75) is 4.90 Å². The summed E-state index contributed by atoms with van der Waals surface area (Å²) in [5, 5.41) is 4.03. The molecular formula is C9H12NS. The fraction of sp³-hybridized carbons (Fsp3) is 0.333. The summed E-state index contributed by atoms with van der Waals surface area (Å²) in [5.41, 5.74) is 0. The number of hydrogen-bond acceptors (Lipinski definition) is 1. The van der Waals surface area contributed by atoms with Gasteiger partial charge in [-0.1, -0.05) is 18.2 Å². The van der Waals surface area contributed by atoms with Gasteiger partial charge in [-0.05, 0) is 12.1 Å². The Morgan fingerprint density at radius 2 is 2.00 bits per heavy atom. The monoisotopic (exact) mass is 166 g/mol. The normalized spacial score (nSPS) is 9.91. The van der Waals surface area contributed by atoms with Crippen LogP contribution in [0, 0.1) is 0 Å². The third kappa shape index (κ3) is 3.44. The molecule has 1 rings (SSSR count). The minimum absolute atomic E-state index is 0.944. The van der Waals surface area contributed by atoms with Crippen molar-refractivity contribution in [2.24, 2.45) is 0 Å². The average Bonchev–Trinajstić information content (AvgIpc) is 2.07. The Morgan fingerprint density at radius 3 is 2.64 bits per heavy atom. The quantitative estimate of drug-likeness (QED) is 0.493. The van der Waals surface area contributed by atoms with Crippen LogP contribution in [0.15, 0.2) is 35.2 Å². The van der Waals surface area contributed by atoms with Crippen LogP contribution in [-0.4, -0.2) is 19.3 Å². The van der Waals surface area contributed by atoms with E-state index in [4.69, 9.17) is 0 Å². The first kappa shape index (κ1) is 8.62. The van der Waals surface area contributed by atoms with Crippen molar-refractivity contribution >= 4 is 11.8 Å². The zero-order valence-corrected chi connectivity index (χ0v) is 7.47. The molecule has 1 aromatic carbocycles. The molecule has 0 aromatic heterocycles. The molecule has 0 N–H and O–H groups in total. The number of thioether (sulfide) groups is 1. The first-order chi connectivity index (χ1) is 5.43. The molecule has 59 valence electrons. The topological polar surface area (TPSA) is 14.1 Å². The summed E-state index contributed by atoms with van der Waals surface area (Å²) in [7, 11) is 1.85. The molecule has 0 spiro atoms. The third-order valence-electron chi connectivity index (χ3n) is 1.33. The molecule has 0 amide bonds. The van der Waals surface area contributed by atoms with Crippen LogP contribution < -0.4 is 5.32 Å². The van der Waals surface area contributed by atoms with Gasteiger partial charge in [0.25, 0.3) is 0 Å². The molecule has 0 saturated carbocycles. The highest BCUT2D eigenvalue weighted by atomic mass is 32.2. The molecular weight excluding hydrogens is 154 g/mol. The van der Waals surface area contributed by atoms with Crippen molar-refractivity contribution in [1.29, 1.82) is 0 Å². The molecule has 0 atom stereocenters. The number of hydrogen-bond donors (Lipinski definition) is 0. The second kappa shape index (κ2) is 5.22. The number of rotatable bonds is 4. The van der Waals surface area contributed by atoms with Gasteiger partial charge >= 0.3 is 0 Å². The van der Waals surface area contributed by atoms with E-state index in [1.165, 1.54) is 4.90 Å². The lowest BCUT2D eigenvalue weighted by atomic mass is 10.4.